The summed E-state index contributed by atoms with van der Waals surface area (Å²) in [4.78, 5) is 0. The third-order valence-electron chi connectivity index (χ3n) is 2.86. The number of rotatable bonds is 6. The highest BCUT2D eigenvalue weighted by Crippen LogP contribution is 2.37. The first-order valence-corrected chi connectivity index (χ1v) is 5.24. The molecule has 15 heavy (non-hydrogen) atoms. The molecule has 2 atom stereocenters. The molecule has 1 aliphatic rings. The lowest BCUT2D eigenvalue weighted by Gasteiger charge is -2.26. The zero-order valence-electron chi connectivity index (χ0n) is 9.10. The average Bonchev–Trinajstić information content (AvgIpc) is 2.94. The zero-order chi connectivity index (χ0) is 11.5. The average molecular weight is 225 g/mol. The van der Waals surface area contributed by atoms with Gasteiger partial charge < -0.3 is 10.1 Å². The molecule has 0 saturated heterocycles. The predicted octanol–water partition coefficient (Wildman–Crippen LogP) is 2.34. The van der Waals surface area contributed by atoms with E-state index in [1.165, 1.54) is 0 Å². The maximum absolute atomic E-state index is 12.1. The summed E-state index contributed by atoms with van der Waals surface area (Å²) in [6.07, 6.45) is -2.65. The van der Waals surface area contributed by atoms with Gasteiger partial charge in [0.05, 0.1) is 6.10 Å². The van der Waals surface area contributed by atoms with Crippen LogP contribution in [0.1, 0.15) is 25.7 Å². The van der Waals surface area contributed by atoms with Gasteiger partial charge in [-0.25, -0.2) is 0 Å². The monoisotopic (exact) mass is 225 g/mol. The van der Waals surface area contributed by atoms with E-state index in [0.29, 0.717) is 5.92 Å². The standard InChI is InChI=1S/C10H18F3NO/c1-14-8(5-6-10(11,12)13)9(15-2)7-3-4-7/h7-9,14H,3-6H2,1-2H3. The van der Waals surface area contributed by atoms with Crippen molar-refractivity contribution in [1.29, 1.82) is 0 Å². The molecule has 0 amide bonds. The molecule has 0 heterocycles. The molecule has 1 fully saturated rings. The van der Waals surface area contributed by atoms with Gasteiger partial charge in [-0.1, -0.05) is 0 Å². The van der Waals surface area contributed by atoms with Gasteiger partial charge in [-0.3, -0.25) is 0 Å². The van der Waals surface area contributed by atoms with Crippen LogP contribution in [0.15, 0.2) is 0 Å². The van der Waals surface area contributed by atoms with E-state index in [2.05, 4.69) is 5.32 Å². The van der Waals surface area contributed by atoms with Gasteiger partial charge >= 0.3 is 6.18 Å². The number of alkyl halides is 3. The van der Waals surface area contributed by atoms with Gasteiger partial charge in [-0.15, -0.1) is 0 Å². The van der Waals surface area contributed by atoms with Gasteiger partial charge in [0, 0.05) is 19.6 Å². The van der Waals surface area contributed by atoms with Crippen LogP contribution in [0.5, 0.6) is 0 Å². The summed E-state index contributed by atoms with van der Waals surface area (Å²) in [5.41, 5.74) is 0. The minimum Gasteiger partial charge on any atom is -0.380 e. The van der Waals surface area contributed by atoms with Crippen LogP contribution >= 0.6 is 0 Å². The topological polar surface area (TPSA) is 21.3 Å². The Bertz CT molecular complexity index is 192. The van der Waals surface area contributed by atoms with Crippen LogP contribution in [0.4, 0.5) is 13.2 Å². The first-order valence-electron chi connectivity index (χ1n) is 5.24. The number of hydrogen-bond donors (Lipinski definition) is 1. The van der Waals surface area contributed by atoms with Crippen LogP contribution in [0.2, 0.25) is 0 Å². The second kappa shape index (κ2) is 5.16. The number of hydrogen-bond acceptors (Lipinski definition) is 2. The molecule has 1 saturated carbocycles. The lowest BCUT2D eigenvalue weighted by atomic mass is 10.0. The van der Waals surface area contributed by atoms with Crippen LogP contribution < -0.4 is 5.32 Å². The molecule has 2 nitrogen and oxygen atoms in total. The Hall–Kier alpha value is -0.290. The van der Waals surface area contributed by atoms with Crippen LogP contribution in [0.25, 0.3) is 0 Å². The van der Waals surface area contributed by atoms with Gasteiger partial charge in [-0.2, -0.15) is 13.2 Å². The molecule has 0 aromatic heterocycles. The summed E-state index contributed by atoms with van der Waals surface area (Å²) < 4.78 is 41.5. The van der Waals surface area contributed by atoms with Crippen molar-refractivity contribution in [3.63, 3.8) is 0 Å². The fraction of sp³-hybridized carbons (Fsp3) is 1.00. The maximum Gasteiger partial charge on any atom is 0.389 e. The van der Waals surface area contributed by atoms with Crippen molar-refractivity contribution in [2.24, 2.45) is 5.92 Å². The Morgan fingerprint density at radius 1 is 1.40 bits per heavy atom. The van der Waals surface area contributed by atoms with Crippen LogP contribution in [-0.4, -0.2) is 32.5 Å². The molecule has 0 aromatic carbocycles. The minimum atomic E-state index is -4.07. The SMILES string of the molecule is CNC(CCC(F)(F)F)C(OC)C1CC1. The minimum absolute atomic E-state index is 0.0719. The van der Waals surface area contributed by atoms with Crippen molar-refractivity contribution in [1.82, 2.24) is 5.32 Å². The highest BCUT2D eigenvalue weighted by Gasteiger charge is 2.38. The summed E-state index contributed by atoms with van der Waals surface area (Å²) in [5, 5.41) is 2.92. The number of ether oxygens (including phenoxy) is 1. The molecule has 2 unspecified atom stereocenters. The highest BCUT2D eigenvalue weighted by atomic mass is 19.4. The Kier molecular flexibility index (Phi) is 4.40. The summed E-state index contributed by atoms with van der Waals surface area (Å²) in [6, 6.07) is -0.191. The lowest BCUT2D eigenvalue weighted by Crippen LogP contribution is -2.41. The van der Waals surface area contributed by atoms with Gasteiger partial charge in [0.2, 0.25) is 0 Å². The van der Waals surface area contributed by atoms with Gasteiger partial charge in [0.15, 0.2) is 0 Å². The third kappa shape index (κ3) is 4.38. The van der Waals surface area contributed by atoms with E-state index in [1.54, 1.807) is 14.2 Å². The van der Waals surface area contributed by atoms with E-state index < -0.39 is 12.6 Å². The molecular weight excluding hydrogens is 207 g/mol. The zero-order valence-corrected chi connectivity index (χ0v) is 9.10. The van der Waals surface area contributed by atoms with E-state index in [4.69, 9.17) is 4.74 Å². The summed E-state index contributed by atoms with van der Waals surface area (Å²) in [5.74, 6) is 0.445. The summed E-state index contributed by atoms with van der Waals surface area (Å²) >= 11 is 0. The second-order valence-corrected chi connectivity index (χ2v) is 4.09. The van der Waals surface area contributed by atoms with Gasteiger partial charge in [0.25, 0.3) is 0 Å². The van der Waals surface area contributed by atoms with Crippen molar-refractivity contribution in [3.8, 4) is 0 Å². The van der Waals surface area contributed by atoms with Crippen molar-refractivity contribution in [2.45, 2.75) is 44.0 Å². The van der Waals surface area contributed by atoms with Crippen LogP contribution in [0.3, 0.4) is 0 Å². The van der Waals surface area contributed by atoms with Gasteiger partial charge in [-0.05, 0) is 32.2 Å². The fourth-order valence-electron chi connectivity index (χ4n) is 1.90. The molecule has 5 heteroatoms. The lowest BCUT2D eigenvalue weighted by molar-refractivity contribution is -0.138. The largest absolute Gasteiger partial charge is 0.389 e. The van der Waals surface area contributed by atoms with E-state index in [0.717, 1.165) is 12.8 Å². The Labute approximate surface area is 88.2 Å². The first kappa shape index (κ1) is 12.8. The molecule has 1 rings (SSSR count). The molecule has 90 valence electrons. The fourth-order valence-corrected chi connectivity index (χ4v) is 1.90. The maximum atomic E-state index is 12.1. The van der Waals surface area contributed by atoms with E-state index in [1.807, 2.05) is 0 Å². The number of methoxy groups -OCH3 is 1. The first-order chi connectivity index (χ1) is 6.98. The molecular formula is C10H18F3NO. The molecule has 0 bridgehead atoms. The quantitative estimate of drug-likeness (QED) is 0.749. The van der Waals surface area contributed by atoms with Crippen molar-refractivity contribution >= 4 is 0 Å². The number of nitrogens with one attached hydrogen (secondary N) is 1. The van der Waals surface area contributed by atoms with Gasteiger partial charge in [0.1, 0.15) is 0 Å². The Morgan fingerprint density at radius 2 is 2.00 bits per heavy atom. The smallest absolute Gasteiger partial charge is 0.380 e. The second-order valence-electron chi connectivity index (χ2n) is 4.09. The summed E-state index contributed by atoms with van der Waals surface area (Å²) in [7, 11) is 3.26. The number of likely N-dealkylation sites (N-methyl/N-ethyl adjacent to an activating group) is 1. The van der Waals surface area contributed by atoms with Crippen LogP contribution in [-0.2, 0) is 4.74 Å². The molecule has 0 spiro atoms. The summed E-state index contributed by atoms with van der Waals surface area (Å²) in [6.45, 7) is 0. The van der Waals surface area contributed by atoms with Crippen molar-refractivity contribution in [2.75, 3.05) is 14.2 Å². The Balaban J connectivity index is 2.39. The van der Waals surface area contributed by atoms with Crippen LogP contribution in [0, 0.1) is 5.92 Å². The van der Waals surface area contributed by atoms with E-state index in [9.17, 15) is 13.2 Å². The van der Waals surface area contributed by atoms with Crippen molar-refractivity contribution in [3.05, 3.63) is 0 Å². The van der Waals surface area contributed by atoms with Crippen molar-refractivity contribution < 1.29 is 17.9 Å². The van der Waals surface area contributed by atoms with E-state index in [-0.39, 0.29) is 18.6 Å². The third-order valence-corrected chi connectivity index (χ3v) is 2.86. The Morgan fingerprint density at radius 3 is 2.33 bits per heavy atom. The van der Waals surface area contributed by atoms with E-state index >= 15 is 0 Å². The highest BCUT2D eigenvalue weighted by molar-refractivity contribution is 4.89. The molecule has 0 aromatic rings. The molecule has 1 N–H and O–H groups in total. The number of halogens is 3. The normalized spacial score (nSPS) is 21.4. The molecule has 0 aliphatic heterocycles. The predicted molar refractivity (Wildman–Crippen MR) is 51.7 cm³/mol. The molecule has 0 radical (unpaired) electrons. The molecule has 1 aliphatic carbocycles.